The fourth-order valence-corrected chi connectivity index (χ4v) is 2.77. The van der Waals surface area contributed by atoms with Crippen LogP contribution in [0, 0.1) is 0 Å². The van der Waals surface area contributed by atoms with Crippen LogP contribution in [-0.4, -0.2) is 67.4 Å². The first-order chi connectivity index (χ1) is 11.3. The van der Waals surface area contributed by atoms with Gasteiger partial charge in [0.1, 0.15) is 11.5 Å². The lowest BCUT2D eigenvalue weighted by atomic mass is 10.1. The highest BCUT2D eigenvalue weighted by Gasteiger charge is 2.03. The molecule has 0 saturated heterocycles. The second-order valence-electron chi connectivity index (χ2n) is 5.53. The first-order valence-corrected chi connectivity index (χ1v) is 10.5. The number of rotatable bonds is 19. The normalized spacial score (nSPS) is 12.7. The van der Waals surface area contributed by atoms with Crippen molar-refractivity contribution in [2.45, 2.75) is 51.9 Å². The number of hydrogen-bond donors (Lipinski definition) is 1. The van der Waals surface area contributed by atoms with Crippen LogP contribution >= 0.6 is 0 Å². The molecule has 0 fully saturated rings. The van der Waals surface area contributed by atoms with Crippen LogP contribution in [-0.2, 0) is 25.4 Å². The smallest absolute Gasteiger partial charge is 0.128 e. The van der Waals surface area contributed by atoms with Gasteiger partial charge in [-0.2, -0.15) is 0 Å². The molecule has 23 heavy (non-hydrogen) atoms. The Morgan fingerprint density at radius 3 is 1.83 bits per heavy atom. The molecule has 0 bridgehead atoms. The third kappa shape index (κ3) is 20.1. The zero-order chi connectivity index (χ0) is 17.0. The fraction of sp³-hybridized carbons (Fsp3) is 1.00. The van der Waals surface area contributed by atoms with E-state index in [1.54, 1.807) is 0 Å². The number of aliphatic hydroxyl groups is 1. The Morgan fingerprint density at radius 2 is 1.22 bits per heavy atom. The average molecular weight is 353 g/mol. The van der Waals surface area contributed by atoms with Crippen LogP contribution < -0.4 is 0 Å². The van der Waals surface area contributed by atoms with Crippen LogP contribution in [0.1, 0.15) is 51.9 Å². The van der Waals surface area contributed by atoms with E-state index < -0.39 is 11.2 Å². The van der Waals surface area contributed by atoms with E-state index in [4.69, 9.17) is 19.3 Å². The third-order valence-corrected chi connectivity index (χ3v) is 4.67. The van der Waals surface area contributed by atoms with Crippen LogP contribution in [0.5, 0.6) is 0 Å². The minimum atomic E-state index is -0.973. The van der Waals surface area contributed by atoms with Crippen LogP contribution in [0.25, 0.3) is 0 Å². The Balaban J connectivity index is 3.00. The highest BCUT2D eigenvalue weighted by molar-refractivity contribution is 7.91. The van der Waals surface area contributed by atoms with Crippen molar-refractivity contribution in [1.29, 1.82) is 0 Å². The summed E-state index contributed by atoms with van der Waals surface area (Å²) in [4.78, 5) is 0. The molecular weight excluding hydrogens is 316 g/mol. The SMILES string of the molecule is CCCCCCCCCOCCOCCOCC[S+]([O-])CCO. The molecule has 1 atom stereocenters. The van der Waals surface area contributed by atoms with E-state index in [0.717, 1.165) is 13.0 Å². The van der Waals surface area contributed by atoms with Crippen LogP contribution in [0.15, 0.2) is 0 Å². The summed E-state index contributed by atoms with van der Waals surface area (Å²) in [6.45, 7) is 5.75. The van der Waals surface area contributed by atoms with Gasteiger partial charge in [0.15, 0.2) is 0 Å². The number of unbranched alkanes of at least 4 members (excludes halogenated alkanes) is 6. The molecule has 0 aliphatic rings. The predicted octanol–water partition coefficient (Wildman–Crippen LogP) is 2.53. The van der Waals surface area contributed by atoms with E-state index in [-0.39, 0.29) is 6.61 Å². The van der Waals surface area contributed by atoms with Crippen molar-refractivity contribution >= 4 is 11.2 Å². The number of aliphatic hydroxyl groups excluding tert-OH is 1. The molecule has 140 valence electrons. The van der Waals surface area contributed by atoms with E-state index in [2.05, 4.69) is 6.92 Å². The van der Waals surface area contributed by atoms with Crippen molar-refractivity contribution in [3.05, 3.63) is 0 Å². The molecule has 0 aromatic heterocycles. The van der Waals surface area contributed by atoms with Crippen molar-refractivity contribution in [3.8, 4) is 0 Å². The zero-order valence-corrected chi connectivity index (χ0v) is 15.6. The van der Waals surface area contributed by atoms with Gasteiger partial charge in [-0.3, -0.25) is 0 Å². The molecule has 0 spiro atoms. The largest absolute Gasteiger partial charge is 0.616 e. The highest BCUT2D eigenvalue weighted by atomic mass is 32.2. The molecule has 0 saturated carbocycles. The van der Waals surface area contributed by atoms with Gasteiger partial charge in [-0.05, 0) is 17.6 Å². The maximum absolute atomic E-state index is 11.2. The van der Waals surface area contributed by atoms with E-state index in [9.17, 15) is 4.55 Å². The summed E-state index contributed by atoms with van der Waals surface area (Å²) < 4.78 is 27.4. The molecule has 0 aromatic rings. The third-order valence-electron chi connectivity index (χ3n) is 3.41. The summed E-state index contributed by atoms with van der Waals surface area (Å²) in [7, 11) is 0. The van der Waals surface area contributed by atoms with Gasteiger partial charge in [-0.1, -0.05) is 45.4 Å². The van der Waals surface area contributed by atoms with Gasteiger partial charge in [0, 0.05) is 6.61 Å². The summed E-state index contributed by atoms with van der Waals surface area (Å²) in [6, 6.07) is 0. The Bertz CT molecular complexity index is 219. The molecule has 0 rings (SSSR count). The molecule has 0 aromatic carbocycles. The fourth-order valence-electron chi connectivity index (χ4n) is 2.06. The van der Waals surface area contributed by atoms with Crippen molar-refractivity contribution in [1.82, 2.24) is 0 Å². The summed E-state index contributed by atoms with van der Waals surface area (Å²) in [5.74, 6) is 0.804. The predicted molar refractivity (Wildman–Crippen MR) is 95.4 cm³/mol. The first kappa shape index (κ1) is 23.1. The van der Waals surface area contributed by atoms with Gasteiger partial charge in [0.25, 0.3) is 0 Å². The maximum Gasteiger partial charge on any atom is 0.128 e. The van der Waals surface area contributed by atoms with Gasteiger partial charge in [0.2, 0.25) is 0 Å². The molecule has 6 heteroatoms. The van der Waals surface area contributed by atoms with Crippen molar-refractivity contribution in [3.63, 3.8) is 0 Å². The Hall–Kier alpha value is 0.150. The van der Waals surface area contributed by atoms with Crippen molar-refractivity contribution in [2.24, 2.45) is 0 Å². The lowest BCUT2D eigenvalue weighted by Crippen LogP contribution is -2.19. The minimum Gasteiger partial charge on any atom is -0.616 e. The summed E-state index contributed by atoms with van der Waals surface area (Å²) >= 11 is -0.973. The monoisotopic (exact) mass is 352 g/mol. The van der Waals surface area contributed by atoms with Gasteiger partial charge >= 0.3 is 0 Å². The zero-order valence-electron chi connectivity index (χ0n) is 14.8. The summed E-state index contributed by atoms with van der Waals surface area (Å²) in [6.07, 6.45) is 9.10. The number of hydrogen-bond acceptors (Lipinski definition) is 5. The Labute approximate surface area is 145 Å². The van der Waals surface area contributed by atoms with Gasteiger partial charge < -0.3 is 23.9 Å². The minimum absolute atomic E-state index is 0.0332. The summed E-state index contributed by atoms with van der Waals surface area (Å²) in [5, 5.41) is 8.61. The van der Waals surface area contributed by atoms with Gasteiger partial charge in [0.05, 0.1) is 39.6 Å². The van der Waals surface area contributed by atoms with Crippen LogP contribution in [0.3, 0.4) is 0 Å². The standard InChI is InChI=1S/C17H36O5S/c1-2-3-4-5-6-7-8-10-20-11-12-21-13-14-22-15-17-23(19)16-9-18/h18H,2-17H2,1H3. The average Bonchev–Trinajstić information content (AvgIpc) is 2.54. The second-order valence-corrected chi connectivity index (χ2v) is 7.23. The quantitative estimate of drug-likeness (QED) is 0.286. The lowest BCUT2D eigenvalue weighted by Gasteiger charge is -2.10. The van der Waals surface area contributed by atoms with Gasteiger partial charge in [-0.25, -0.2) is 0 Å². The molecule has 5 nitrogen and oxygen atoms in total. The molecule has 0 heterocycles. The lowest BCUT2D eigenvalue weighted by molar-refractivity contribution is 0.0165. The molecule has 1 N–H and O–H groups in total. The Kier molecular flexibility index (Phi) is 20.3. The van der Waals surface area contributed by atoms with Crippen molar-refractivity contribution < 1.29 is 23.9 Å². The van der Waals surface area contributed by atoms with Crippen molar-refractivity contribution in [2.75, 3.05) is 57.8 Å². The first-order valence-electron chi connectivity index (χ1n) is 9.00. The van der Waals surface area contributed by atoms with Crippen LogP contribution in [0.2, 0.25) is 0 Å². The molecule has 0 amide bonds. The molecule has 0 radical (unpaired) electrons. The van der Waals surface area contributed by atoms with Crippen LogP contribution in [0.4, 0.5) is 0 Å². The van der Waals surface area contributed by atoms with Gasteiger partial charge in [-0.15, -0.1) is 0 Å². The molecule has 0 aliphatic heterocycles. The Morgan fingerprint density at radius 1 is 0.696 bits per heavy atom. The second kappa shape index (κ2) is 20.2. The molecule has 0 aliphatic carbocycles. The molecule has 1 unspecified atom stereocenters. The molecular formula is C17H36O5S. The maximum atomic E-state index is 11.2. The topological polar surface area (TPSA) is 71.0 Å². The van der Waals surface area contributed by atoms with E-state index in [1.807, 2.05) is 0 Å². The van der Waals surface area contributed by atoms with E-state index in [0.29, 0.717) is 44.5 Å². The van der Waals surface area contributed by atoms with E-state index in [1.165, 1.54) is 38.5 Å². The number of ether oxygens (including phenoxy) is 3. The highest BCUT2D eigenvalue weighted by Crippen LogP contribution is 2.06. The summed E-state index contributed by atoms with van der Waals surface area (Å²) in [5.41, 5.74) is 0. The van der Waals surface area contributed by atoms with E-state index >= 15 is 0 Å².